The number of fused-ring (bicyclic) bond motifs is 1. The van der Waals surface area contributed by atoms with Gasteiger partial charge in [-0.2, -0.15) is 0 Å². The van der Waals surface area contributed by atoms with Crippen LogP contribution in [0.4, 0.5) is 5.69 Å². The third kappa shape index (κ3) is 2.26. The van der Waals surface area contributed by atoms with Crippen molar-refractivity contribution in [1.82, 2.24) is 0 Å². The number of amides is 2. The van der Waals surface area contributed by atoms with Crippen LogP contribution in [0.3, 0.4) is 0 Å². The van der Waals surface area contributed by atoms with Gasteiger partial charge in [-0.15, -0.1) is 0 Å². The number of carbonyl (C=O) groups excluding carboxylic acids is 2. The smallest absolute Gasteiger partial charge is 0.238 e. The molecule has 1 aliphatic heterocycles. The number of nitrogens with zero attached hydrogens (tertiary/aromatic N) is 1. The van der Waals surface area contributed by atoms with Crippen LogP contribution in [0.2, 0.25) is 0 Å². The van der Waals surface area contributed by atoms with E-state index in [2.05, 4.69) is 6.08 Å². The Morgan fingerprint density at radius 3 is 2.18 bits per heavy atom. The second-order valence-electron chi connectivity index (χ2n) is 5.79. The standard InChI is InChI=1S/C17H19NO4/c1-10-4-5-14-15(6-10)17(20)18(16(14)19)11-7-12(21-2)9-13(8-11)22-3/h4,7-9,14-15H,5-6H2,1-3H3/t14-,15+/m0/s1. The summed E-state index contributed by atoms with van der Waals surface area (Å²) >= 11 is 0. The van der Waals surface area contributed by atoms with Crippen LogP contribution in [0.15, 0.2) is 29.8 Å². The average molecular weight is 301 g/mol. The van der Waals surface area contributed by atoms with Crippen LogP contribution in [-0.2, 0) is 9.59 Å². The van der Waals surface area contributed by atoms with Gasteiger partial charge in [0.05, 0.1) is 31.7 Å². The van der Waals surface area contributed by atoms with Crippen molar-refractivity contribution in [1.29, 1.82) is 0 Å². The van der Waals surface area contributed by atoms with Gasteiger partial charge in [0.25, 0.3) is 0 Å². The largest absolute Gasteiger partial charge is 0.497 e. The first-order valence-corrected chi connectivity index (χ1v) is 7.31. The Labute approximate surface area is 129 Å². The third-order valence-corrected chi connectivity index (χ3v) is 4.42. The highest BCUT2D eigenvalue weighted by Gasteiger charge is 2.48. The molecule has 5 nitrogen and oxygen atoms in total. The van der Waals surface area contributed by atoms with Crippen LogP contribution in [0, 0.1) is 11.8 Å². The minimum absolute atomic E-state index is 0.127. The van der Waals surface area contributed by atoms with Crippen molar-refractivity contribution in [2.24, 2.45) is 11.8 Å². The van der Waals surface area contributed by atoms with E-state index in [1.165, 1.54) is 10.5 Å². The number of hydrogen-bond acceptors (Lipinski definition) is 4. The Kier molecular flexibility index (Phi) is 3.64. The molecule has 1 heterocycles. The summed E-state index contributed by atoms with van der Waals surface area (Å²) in [7, 11) is 3.08. The average Bonchev–Trinajstić information content (AvgIpc) is 2.77. The molecule has 0 saturated carbocycles. The first-order chi connectivity index (χ1) is 10.5. The minimum atomic E-state index is -0.242. The first-order valence-electron chi connectivity index (χ1n) is 7.31. The molecule has 1 aromatic rings. The van der Waals surface area contributed by atoms with Crippen molar-refractivity contribution in [3.05, 3.63) is 29.8 Å². The van der Waals surface area contributed by atoms with Gasteiger partial charge in [-0.3, -0.25) is 9.59 Å². The molecule has 5 heteroatoms. The Morgan fingerprint density at radius 2 is 1.59 bits per heavy atom. The molecule has 1 saturated heterocycles. The predicted molar refractivity (Wildman–Crippen MR) is 82.0 cm³/mol. The molecule has 116 valence electrons. The minimum Gasteiger partial charge on any atom is -0.497 e. The van der Waals surface area contributed by atoms with Crippen LogP contribution >= 0.6 is 0 Å². The normalized spacial score (nSPS) is 24.1. The van der Waals surface area contributed by atoms with Gasteiger partial charge in [0, 0.05) is 18.2 Å². The number of ether oxygens (including phenoxy) is 2. The molecule has 0 aromatic heterocycles. The van der Waals surface area contributed by atoms with Gasteiger partial charge in [-0.25, -0.2) is 4.90 Å². The molecule has 0 unspecified atom stereocenters. The summed E-state index contributed by atoms with van der Waals surface area (Å²) in [5, 5.41) is 0. The summed E-state index contributed by atoms with van der Waals surface area (Å²) in [4.78, 5) is 26.6. The molecule has 0 spiro atoms. The van der Waals surface area contributed by atoms with Crippen molar-refractivity contribution < 1.29 is 19.1 Å². The molecular weight excluding hydrogens is 282 g/mol. The van der Waals surface area contributed by atoms with E-state index in [4.69, 9.17) is 9.47 Å². The van der Waals surface area contributed by atoms with Crippen molar-refractivity contribution >= 4 is 17.5 Å². The van der Waals surface area contributed by atoms with E-state index in [0.29, 0.717) is 30.0 Å². The highest BCUT2D eigenvalue weighted by Crippen LogP contribution is 2.41. The molecule has 22 heavy (non-hydrogen) atoms. The lowest BCUT2D eigenvalue weighted by atomic mass is 9.82. The van der Waals surface area contributed by atoms with E-state index >= 15 is 0 Å². The monoisotopic (exact) mass is 301 g/mol. The molecule has 2 atom stereocenters. The van der Waals surface area contributed by atoms with Crippen LogP contribution in [0.5, 0.6) is 11.5 Å². The summed E-state index contributed by atoms with van der Waals surface area (Å²) < 4.78 is 10.4. The van der Waals surface area contributed by atoms with Gasteiger partial charge >= 0.3 is 0 Å². The van der Waals surface area contributed by atoms with Gasteiger partial charge in [-0.1, -0.05) is 11.6 Å². The number of imide groups is 1. The molecule has 1 aliphatic carbocycles. The van der Waals surface area contributed by atoms with Gasteiger partial charge in [0.2, 0.25) is 11.8 Å². The van der Waals surface area contributed by atoms with Crippen LogP contribution in [0.25, 0.3) is 0 Å². The van der Waals surface area contributed by atoms with Crippen molar-refractivity contribution in [2.45, 2.75) is 19.8 Å². The zero-order valence-corrected chi connectivity index (χ0v) is 13.0. The molecule has 0 bridgehead atoms. The fourth-order valence-corrected chi connectivity index (χ4v) is 3.21. The quantitative estimate of drug-likeness (QED) is 0.636. The molecule has 0 radical (unpaired) electrons. The first kappa shape index (κ1) is 14.6. The number of hydrogen-bond donors (Lipinski definition) is 0. The zero-order chi connectivity index (χ0) is 15.9. The van der Waals surface area contributed by atoms with E-state index < -0.39 is 0 Å². The molecule has 2 amide bonds. The number of rotatable bonds is 3. The highest BCUT2D eigenvalue weighted by atomic mass is 16.5. The van der Waals surface area contributed by atoms with Crippen LogP contribution < -0.4 is 14.4 Å². The Hall–Kier alpha value is -2.30. The molecule has 1 fully saturated rings. The van der Waals surface area contributed by atoms with E-state index in [1.54, 1.807) is 32.4 Å². The van der Waals surface area contributed by atoms with Gasteiger partial charge in [-0.05, 0) is 19.8 Å². The van der Waals surface area contributed by atoms with Gasteiger partial charge < -0.3 is 9.47 Å². The predicted octanol–water partition coefficient (Wildman–Crippen LogP) is 2.55. The van der Waals surface area contributed by atoms with E-state index in [0.717, 1.165) is 0 Å². The second kappa shape index (κ2) is 5.48. The van der Waals surface area contributed by atoms with Gasteiger partial charge in [0.15, 0.2) is 0 Å². The Balaban J connectivity index is 1.99. The number of carbonyl (C=O) groups is 2. The maximum atomic E-state index is 12.7. The summed E-state index contributed by atoms with van der Waals surface area (Å²) in [5.74, 6) is 0.369. The SMILES string of the molecule is COc1cc(OC)cc(N2C(=O)[C@H]3CC=C(C)C[C@H]3C2=O)c1. The maximum Gasteiger partial charge on any atom is 0.238 e. The van der Waals surface area contributed by atoms with Crippen molar-refractivity contribution in [3.8, 4) is 11.5 Å². The lowest BCUT2D eigenvalue weighted by molar-refractivity contribution is -0.122. The fourth-order valence-electron chi connectivity index (χ4n) is 3.21. The molecular formula is C17H19NO4. The lowest BCUT2D eigenvalue weighted by Crippen LogP contribution is -2.30. The van der Waals surface area contributed by atoms with Crippen LogP contribution in [0.1, 0.15) is 19.8 Å². The Morgan fingerprint density at radius 1 is 1.00 bits per heavy atom. The van der Waals surface area contributed by atoms with Crippen molar-refractivity contribution in [2.75, 3.05) is 19.1 Å². The zero-order valence-electron chi connectivity index (χ0n) is 13.0. The van der Waals surface area contributed by atoms with Gasteiger partial charge in [0.1, 0.15) is 11.5 Å². The number of methoxy groups -OCH3 is 2. The topological polar surface area (TPSA) is 55.8 Å². The Bertz CT molecular complexity index is 642. The molecule has 0 N–H and O–H groups in total. The summed E-state index contributed by atoms with van der Waals surface area (Å²) in [6, 6.07) is 5.10. The lowest BCUT2D eigenvalue weighted by Gasteiger charge is -2.18. The van der Waals surface area contributed by atoms with Crippen molar-refractivity contribution in [3.63, 3.8) is 0 Å². The molecule has 2 aliphatic rings. The summed E-state index contributed by atoms with van der Waals surface area (Å²) in [5.41, 5.74) is 1.69. The number of anilines is 1. The summed E-state index contributed by atoms with van der Waals surface area (Å²) in [6.07, 6.45) is 3.35. The second-order valence-corrected chi connectivity index (χ2v) is 5.79. The summed E-state index contributed by atoms with van der Waals surface area (Å²) in [6.45, 7) is 2.01. The van der Waals surface area contributed by atoms with E-state index in [1.807, 2.05) is 6.92 Å². The van der Waals surface area contributed by atoms with E-state index in [-0.39, 0.29) is 23.7 Å². The number of allylic oxidation sites excluding steroid dienone is 2. The molecule has 3 rings (SSSR count). The maximum absolute atomic E-state index is 12.7. The fraction of sp³-hybridized carbons (Fsp3) is 0.412. The third-order valence-electron chi connectivity index (χ3n) is 4.42. The van der Waals surface area contributed by atoms with E-state index in [9.17, 15) is 9.59 Å². The molecule has 1 aromatic carbocycles. The number of benzene rings is 1. The highest BCUT2D eigenvalue weighted by molar-refractivity contribution is 6.22. The van der Waals surface area contributed by atoms with Crippen LogP contribution in [-0.4, -0.2) is 26.0 Å².